The van der Waals surface area contributed by atoms with Gasteiger partial charge in [-0.3, -0.25) is 4.90 Å². The Balaban J connectivity index is 2.00. The van der Waals surface area contributed by atoms with E-state index in [2.05, 4.69) is 9.98 Å². The maximum absolute atomic E-state index is 12.7. The molecule has 23 heavy (non-hydrogen) atoms. The van der Waals surface area contributed by atoms with E-state index in [0.29, 0.717) is 5.69 Å². The molecule has 1 aromatic rings. The predicted molar refractivity (Wildman–Crippen MR) is 83.0 cm³/mol. The molecule has 1 fully saturated rings. The van der Waals surface area contributed by atoms with E-state index in [9.17, 15) is 13.2 Å². The van der Waals surface area contributed by atoms with Gasteiger partial charge < -0.3 is 11.5 Å². The topological polar surface area (TPSA) is 80.0 Å². The van der Waals surface area contributed by atoms with E-state index in [1.54, 1.807) is 4.90 Å². The predicted octanol–water partition coefficient (Wildman–Crippen LogP) is 2.82. The molecule has 8 heteroatoms. The minimum absolute atomic E-state index is 0.118. The van der Waals surface area contributed by atoms with Crippen molar-refractivity contribution < 1.29 is 13.2 Å². The second-order valence-electron chi connectivity index (χ2n) is 5.86. The minimum atomic E-state index is -4.37. The smallest absolute Gasteiger partial charge is 0.369 e. The SMILES string of the molecule is NC1=NC2(CCCCC2)N(c2ccc(C(F)(F)F)cc2)C(N)=N1. The van der Waals surface area contributed by atoms with Crippen LogP contribution in [0.4, 0.5) is 18.9 Å². The molecule has 0 amide bonds. The summed E-state index contributed by atoms with van der Waals surface area (Å²) in [6, 6.07) is 4.89. The molecule has 1 heterocycles. The number of halogens is 3. The second kappa shape index (κ2) is 5.43. The highest BCUT2D eigenvalue weighted by Crippen LogP contribution is 2.40. The van der Waals surface area contributed by atoms with Crippen molar-refractivity contribution in [2.75, 3.05) is 4.90 Å². The molecule has 1 aromatic carbocycles. The van der Waals surface area contributed by atoms with Crippen molar-refractivity contribution in [3.63, 3.8) is 0 Å². The van der Waals surface area contributed by atoms with E-state index in [1.165, 1.54) is 12.1 Å². The number of anilines is 1. The lowest BCUT2D eigenvalue weighted by Gasteiger charge is -2.45. The van der Waals surface area contributed by atoms with Crippen LogP contribution in [0.1, 0.15) is 37.7 Å². The van der Waals surface area contributed by atoms with Crippen LogP contribution in [0.2, 0.25) is 0 Å². The Hall–Kier alpha value is -2.25. The van der Waals surface area contributed by atoms with Crippen LogP contribution in [0.25, 0.3) is 0 Å². The van der Waals surface area contributed by atoms with Gasteiger partial charge in [0.25, 0.3) is 0 Å². The third-order valence-electron chi connectivity index (χ3n) is 4.30. The normalized spacial score (nSPS) is 21.1. The van der Waals surface area contributed by atoms with Crippen molar-refractivity contribution in [1.82, 2.24) is 0 Å². The number of nitrogens with zero attached hydrogens (tertiary/aromatic N) is 3. The van der Waals surface area contributed by atoms with E-state index in [1.807, 2.05) is 0 Å². The van der Waals surface area contributed by atoms with Crippen LogP contribution < -0.4 is 16.4 Å². The van der Waals surface area contributed by atoms with Gasteiger partial charge in [0.15, 0.2) is 0 Å². The number of alkyl halides is 3. The summed E-state index contributed by atoms with van der Waals surface area (Å²) in [6.07, 6.45) is 0.124. The highest BCUT2D eigenvalue weighted by atomic mass is 19.4. The molecule has 0 saturated heterocycles. The molecule has 1 aliphatic carbocycles. The Bertz CT molecular complexity index is 642. The van der Waals surface area contributed by atoms with Gasteiger partial charge >= 0.3 is 6.18 Å². The van der Waals surface area contributed by atoms with E-state index in [0.717, 1.165) is 44.2 Å². The number of nitrogens with two attached hydrogens (primary N) is 2. The molecule has 2 aliphatic rings. The lowest BCUT2D eigenvalue weighted by molar-refractivity contribution is -0.137. The van der Waals surface area contributed by atoms with E-state index in [-0.39, 0.29) is 11.9 Å². The molecule has 0 bridgehead atoms. The van der Waals surface area contributed by atoms with Crippen LogP contribution in [-0.2, 0) is 6.18 Å². The average Bonchev–Trinajstić information content (AvgIpc) is 2.46. The fourth-order valence-corrected chi connectivity index (χ4v) is 3.29. The first-order valence-electron chi connectivity index (χ1n) is 7.49. The molecule has 1 spiro atoms. The van der Waals surface area contributed by atoms with Gasteiger partial charge in [-0.25, -0.2) is 4.99 Å². The fraction of sp³-hybridized carbons (Fsp3) is 0.467. The number of aliphatic imine (C=N–C) groups is 2. The average molecular weight is 325 g/mol. The monoisotopic (exact) mass is 325 g/mol. The van der Waals surface area contributed by atoms with Gasteiger partial charge in [0.05, 0.1) is 5.56 Å². The summed E-state index contributed by atoms with van der Waals surface area (Å²) in [7, 11) is 0. The third-order valence-corrected chi connectivity index (χ3v) is 4.30. The molecular weight excluding hydrogens is 307 g/mol. The molecule has 0 aromatic heterocycles. The molecular formula is C15H18F3N5. The standard InChI is InChI=1S/C15H18F3N5/c16-15(17,18)10-4-6-11(7-5-10)23-13(20)21-12(19)22-14(23)8-2-1-3-9-14/h4-7H,1-3,8-9H2,(H4,19,20,21,22). The summed E-state index contributed by atoms with van der Waals surface area (Å²) in [5.74, 6) is 0.284. The fourth-order valence-electron chi connectivity index (χ4n) is 3.29. The van der Waals surface area contributed by atoms with Crippen LogP contribution in [0.15, 0.2) is 34.3 Å². The van der Waals surface area contributed by atoms with Gasteiger partial charge in [-0.15, -0.1) is 0 Å². The van der Waals surface area contributed by atoms with Crippen molar-refractivity contribution >= 4 is 17.6 Å². The van der Waals surface area contributed by atoms with Crippen molar-refractivity contribution in [1.29, 1.82) is 0 Å². The quantitative estimate of drug-likeness (QED) is 0.833. The Morgan fingerprint density at radius 3 is 2.17 bits per heavy atom. The van der Waals surface area contributed by atoms with Gasteiger partial charge in [-0.1, -0.05) is 6.42 Å². The summed E-state index contributed by atoms with van der Waals surface area (Å²) in [5.41, 5.74) is 11.0. The molecule has 4 N–H and O–H groups in total. The summed E-state index contributed by atoms with van der Waals surface area (Å²) in [6.45, 7) is 0. The third kappa shape index (κ3) is 2.85. The highest BCUT2D eigenvalue weighted by molar-refractivity contribution is 6.05. The lowest BCUT2D eigenvalue weighted by Crippen LogP contribution is -2.58. The first-order chi connectivity index (χ1) is 10.8. The van der Waals surface area contributed by atoms with Crippen LogP contribution >= 0.6 is 0 Å². The molecule has 1 aliphatic heterocycles. The van der Waals surface area contributed by atoms with Crippen LogP contribution in [-0.4, -0.2) is 17.6 Å². The molecule has 0 unspecified atom stereocenters. The van der Waals surface area contributed by atoms with Crippen molar-refractivity contribution in [3.05, 3.63) is 29.8 Å². The van der Waals surface area contributed by atoms with E-state index in [4.69, 9.17) is 11.5 Å². The summed E-state index contributed by atoms with van der Waals surface area (Å²) in [5, 5.41) is 0. The van der Waals surface area contributed by atoms with Crippen molar-refractivity contribution in [3.8, 4) is 0 Å². The van der Waals surface area contributed by atoms with Gasteiger partial charge in [0, 0.05) is 5.69 Å². The largest absolute Gasteiger partial charge is 0.416 e. The number of rotatable bonds is 1. The summed E-state index contributed by atoms with van der Waals surface area (Å²) in [4.78, 5) is 10.2. The first kappa shape index (κ1) is 15.6. The van der Waals surface area contributed by atoms with Gasteiger partial charge in [-0.2, -0.15) is 18.2 Å². The Kier molecular flexibility index (Phi) is 3.69. The zero-order valence-electron chi connectivity index (χ0n) is 12.5. The van der Waals surface area contributed by atoms with Crippen molar-refractivity contribution in [2.45, 2.75) is 43.9 Å². The first-order valence-corrected chi connectivity index (χ1v) is 7.49. The minimum Gasteiger partial charge on any atom is -0.369 e. The summed E-state index contributed by atoms with van der Waals surface area (Å²) >= 11 is 0. The van der Waals surface area contributed by atoms with Gasteiger partial charge in [0.1, 0.15) is 5.66 Å². The second-order valence-corrected chi connectivity index (χ2v) is 5.86. The van der Waals surface area contributed by atoms with Gasteiger partial charge in [-0.05, 0) is 49.9 Å². The van der Waals surface area contributed by atoms with Crippen LogP contribution in [0.5, 0.6) is 0 Å². The van der Waals surface area contributed by atoms with Crippen molar-refractivity contribution in [2.24, 2.45) is 21.5 Å². The number of hydrogen-bond acceptors (Lipinski definition) is 5. The Morgan fingerprint density at radius 2 is 1.61 bits per heavy atom. The number of guanidine groups is 2. The Morgan fingerprint density at radius 1 is 1.00 bits per heavy atom. The Labute approximate surface area is 131 Å². The molecule has 124 valence electrons. The number of benzene rings is 1. The summed E-state index contributed by atoms with van der Waals surface area (Å²) < 4.78 is 38.2. The highest BCUT2D eigenvalue weighted by Gasteiger charge is 2.42. The van der Waals surface area contributed by atoms with Gasteiger partial charge in [0.2, 0.25) is 11.9 Å². The maximum Gasteiger partial charge on any atom is 0.416 e. The molecule has 0 atom stereocenters. The number of hydrogen-bond donors (Lipinski definition) is 2. The maximum atomic E-state index is 12.7. The van der Waals surface area contributed by atoms with Crippen LogP contribution in [0, 0.1) is 0 Å². The molecule has 1 saturated carbocycles. The molecule has 3 rings (SSSR count). The van der Waals surface area contributed by atoms with E-state index < -0.39 is 17.4 Å². The molecule has 0 radical (unpaired) electrons. The molecule has 5 nitrogen and oxygen atoms in total. The zero-order chi connectivity index (χ0) is 16.7. The lowest BCUT2D eigenvalue weighted by atomic mass is 9.87. The van der Waals surface area contributed by atoms with Crippen LogP contribution in [0.3, 0.4) is 0 Å². The zero-order valence-corrected chi connectivity index (χ0v) is 12.5. The van der Waals surface area contributed by atoms with E-state index >= 15 is 0 Å².